The second-order valence-electron chi connectivity index (χ2n) is 7.00. The number of fused-ring (bicyclic) bond motifs is 2. The summed E-state index contributed by atoms with van der Waals surface area (Å²) >= 11 is 0. The summed E-state index contributed by atoms with van der Waals surface area (Å²) in [5.41, 5.74) is -0.809. The van der Waals surface area contributed by atoms with Crippen LogP contribution in [0, 0.1) is 0 Å². The topological polar surface area (TPSA) is 115 Å². The van der Waals surface area contributed by atoms with E-state index in [2.05, 4.69) is 5.16 Å². The molecule has 1 atom stereocenters. The summed E-state index contributed by atoms with van der Waals surface area (Å²) in [7, 11) is 0. The van der Waals surface area contributed by atoms with Crippen molar-refractivity contribution in [3.63, 3.8) is 0 Å². The smallest absolute Gasteiger partial charge is 0.431 e. The molecule has 3 aliphatic rings. The first-order valence-corrected chi connectivity index (χ1v) is 8.07. The van der Waals surface area contributed by atoms with E-state index < -0.39 is 29.5 Å². The Bertz CT molecular complexity index is 653. The number of aliphatic hydroxyl groups excluding tert-OH is 1. The van der Waals surface area contributed by atoms with Gasteiger partial charge in [0.1, 0.15) is 11.3 Å². The van der Waals surface area contributed by atoms with Crippen molar-refractivity contribution in [3.05, 3.63) is 11.5 Å². The van der Waals surface area contributed by atoms with Gasteiger partial charge in [0, 0.05) is 19.5 Å². The zero-order valence-electron chi connectivity index (χ0n) is 14.4. The van der Waals surface area contributed by atoms with E-state index in [0.29, 0.717) is 6.61 Å². The molecule has 0 saturated carbocycles. The minimum absolute atomic E-state index is 0.00967. The van der Waals surface area contributed by atoms with Gasteiger partial charge >= 0.3 is 6.09 Å². The fourth-order valence-corrected chi connectivity index (χ4v) is 3.08. The summed E-state index contributed by atoms with van der Waals surface area (Å²) in [6.45, 7) is 6.19. The summed E-state index contributed by atoms with van der Waals surface area (Å²) in [6, 6.07) is 0. The van der Waals surface area contributed by atoms with E-state index >= 15 is 0 Å². The molecule has 10 heteroatoms. The second-order valence-corrected chi connectivity index (χ2v) is 7.00. The summed E-state index contributed by atoms with van der Waals surface area (Å²) < 4.78 is 10.9. The Balaban J connectivity index is 2.04. The lowest BCUT2D eigenvalue weighted by molar-refractivity contribution is -0.183. The molecule has 0 unspecified atom stereocenters. The number of carbonyl (C=O) groups is 2. The number of hydrazine groups is 1. The highest BCUT2D eigenvalue weighted by Gasteiger charge is 2.50. The molecule has 0 radical (unpaired) electrons. The van der Waals surface area contributed by atoms with E-state index in [1.54, 1.807) is 20.8 Å². The van der Waals surface area contributed by atoms with Crippen molar-refractivity contribution in [2.45, 2.75) is 39.0 Å². The summed E-state index contributed by atoms with van der Waals surface area (Å²) in [5, 5.41) is 25.1. The Morgan fingerprint density at radius 2 is 2.08 bits per heavy atom. The highest BCUT2D eigenvalue weighted by atomic mass is 16.6. The van der Waals surface area contributed by atoms with Gasteiger partial charge in [-0.1, -0.05) is 5.16 Å². The molecule has 25 heavy (non-hydrogen) atoms. The number of hydrogen-bond acceptors (Lipinski definition) is 8. The largest absolute Gasteiger partial charge is 0.504 e. The minimum atomic E-state index is -0.724. The van der Waals surface area contributed by atoms with Gasteiger partial charge in [-0.05, 0) is 20.8 Å². The number of aliphatic hydroxyl groups is 1. The lowest BCUT2D eigenvalue weighted by atomic mass is 10.1. The number of morpholine rings is 1. The molecule has 0 aromatic carbocycles. The van der Waals surface area contributed by atoms with Crippen LogP contribution < -0.4 is 0 Å². The van der Waals surface area contributed by atoms with Crippen molar-refractivity contribution < 1.29 is 29.4 Å². The van der Waals surface area contributed by atoms with E-state index in [4.69, 9.17) is 14.7 Å². The molecule has 0 aromatic rings. The average Bonchev–Trinajstić information content (AvgIpc) is 2.53. The lowest BCUT2D eigenvalue weighted by Gasteiger charge is -2.52. The Labute approximate surface area is 144 Å². The SMILES string of the molecule is CC(C)(C)OC(=O)N1[C@@H]2COCCN2C(=O)C2=C(O)/C(=N/O)CCN21. The number of rotatable bonds is 0. The molecule has 10 nitrogen and oxygen atoms in total. The summed E-state index contributed by atoms with van der Waals surface area (Å²) in [6.07, 6.45) is -1.12. The van der Waals surface area contributed by atoms with Crippen LogP contribution in [0.1, 0.15) is 27.2 Å². The maximum absolute atomic E-state index is 12.8. The number of ether oxygens (including phenoxy) is 2. The van der Waals surface area contributed by atoms with Crippen LogP contribution in [-0.4, -0.2) is 81.0 Å². The van der Waals surface area contributed by atoms with E-state index in [0.717, 1.165) is 0 Å². The third-order valence-corrected chi connectivity index (χ3v) is 4.13. The van der Waals surface area contributed by atoms with Crippen LogP contribution in [0.5, 0.6) is 0 Å². The molecule has 0 aliphatic carbocycles. The van der Waals surface area contributed by atoms with Gasteiger partial charge in [0.2, 0.25) is 0 Å². The van der Waals surface area contributed by atoms with Crippen molar-refractivity contribution in [2.24, 2.45) is 5.16 Å². The molecule has 2 amide bonds. The molecule has 3 aliphatic heterocycles. The van der Waals surface area contributed by atoms with Crippen molar-refractivity contribution >= 4 is 17.7 Å². The molecule has 3 heterocycles. The van der Waals surface area contributed by atoms with Crippen molar-refractivity contribution in [1.82, 2.24) is 14.9 Å². The van der Waals surface area contributed by atoms with Gasteiger partial charge in [-0.2, -0.15) is 5.01 Å². The number of oxime groups is 1. The monoisotopic (exact) mass is 354 g/mol. The molecule has 2 saturated heterocycles. The Morgan fingerprint density at radius 3 is 2.72 bits per heavy atom. The number of allylic oxidation sites excluding steroid dienone is 1. The molecule has 0 spiro atoms. The fraction of sp³-hybridized carbons (Fsp3) is 0.667. The van der Waals surface area contributed by atoms with Crippen LogP contribution in [0.4, 0.5) is 4.79 Å². The van der Waals surface area contributed by atoms with E-state index in [-0.39, 0.29) is 37.5 Å². The Kier molecular flexibility index (Phi) is 4.23. The Morgan fingerprint density at radius 1 is 1.36 bits per heavy atom. The quantitative estimate of drug-likeness (QED) is 0.484. The molecular weight excluding hydrogens is 332 g/mol. The average molecular weight is 354 g/mol. The molecule has 2 fully saturated rings. The third kappa shape index (κ3) is 2.97. The highest BCUT2D eigenvalue weighted by molar-refractivity contribution is 6.07. The summed E-state index contributed by atoms with van der Waals surface area (Å²) in [5.74, 6) is -0.872. The predicted octanol–water partition coefficient (Wildman–Crippen LogP) is 0.643. The Hall–Kier alpha value is -2.49. The van der Waals surface area contributed by atoms with Gasteiger partial charge in [0.05, 0.1) is 13.2 Å². The van der Waals surface area contributed by atoms with Crippen molar-refractivity contribution in [1.29, 1.82) is 0 Å². The fourth-order valence-electron chi connectivity index (χ4n) is 3.08. The summed E-state index contributed by atoms with van der Waals surface area (Å²) in [4.78, 5) is 27.0. The first-order chi connectivity index (χ1) is 11.7. The van der Waals surface area contributed by atoms with Gasteiger partial charge in [0.15, 0.2) is 17.6 Å². The molecular formula is C15H22N4O6. The zero-order chi connectivity index (χ0) is 18.4. The van der Waals surface area contributed by atoms with Gasteiger partial charge < -0.3 is 24.7 Å². The molecule has 3 rings (SSSR count). The van der Waals surface area contributed by atoms with Crippen LogP contribution >= 0.6 is 0 Å². The molecule has 2 N–H and O–H groups in total. The highest BCUT2D eigenvalue weighted by Crippen LogP contribution is 2.32. The standard InChI is InChI=1S/C15H22N4O6/c1-15(2,3)25-14(22)19-10-8-24-7-6-17(10)13(21)11-12(20)9(16-23)4-5-18(11)19/h10,20,23H,4-8H2,1-3H3/b16-9+/t10-/m1/s1. The van der Waals surface area contributed by atoms with Crippen molar-refractivity contribution in [2.75, 3.05) is 26.3 Å². The number of hydrogen-bond donors (Lipinski definition) is 2. The van der Waals surface area contributed by atoms with E-state index in [1.807, 2.05) is 0 Å². The van der Waals surface area contributed by atoms with Gasteiger partial charge in [-0.15, -0.1) is 0 Å². The zero-order valence-corrected chi connectivity index (χ0v) is 14.4. The predicted molar refractivity (Wildman–Crippen MR) is 84.6 cm³/mol. The molecule has 138 valence electrons. The first-order valence-electron chi connectivity index (χ1n) is 8.07. The second kappa shape index (κ2) is 6.10. The van der Waals surface area contributed by atoms with Crippen LogP contribution in [-0.2, 0) is 14.3 Å². The van der Waals surface area contributed by atoms with Gasteiger partial charge in [-0.3, -0.25) is 9.80 Å². The molecule has 0 aromatic heterocycles. The van der Waals surface area contributed by atoms with Crippen molar-refractivity contribution in [3.8, 4) is 0 Å². The normalized spacial score (nSPS) is 25.9. The molecule has 0 bridgehead atoms. The number of nitrogens with zero attached hydrogens (tertiary/aromatic N) is 4. The van der Waals surface area contributed by atoms with Crippen LogP contribution in [0.2, 0.25) is 0 Å². The van der Waals surface area contributed by atoms with Gasteiger partial charge in [0.25, 0.3) is 5.91 Å². The van der Waals surface area contributed by atoms with Gasteiger partial charge in [-0.25, -0.2) is 4.79 Å². The lowest BCUT2D eigenvalue weighted by Crippen LogP contribution is -2.70. The third-order valence-electron chi connectivity index (χ3n) is 4.13. The van der Waals surface area contributed by atoms with Crippen LogP contribution in [0.15, 0.2) is 16.6 Å². The maximum atomic E-state index is 12.8. The maximum Gasteiger partial charge on any atom is 0.431 e. The number of carbonyl (C=O) groups excluding carboxylic acids is 2. The van der Waals surface area contributed by atoms with E-state index in [9.17, 15) is 14.7 Å². The van der Waals surface area contributed by atoms with Crippen LogP contribution in [0.3, 0.4) is 0 Å². The number of amides is 2. The first kappa shape index (κ1) is 17.3. The van der Waals surface area contributed by atoms with E-state index in [1.165, 1.54) is 14.9 Å². The minimum Gasteiger partial charge on any atom is -0.504 e. The van der Waals surface area contributed by atoms with Crippen LogP contribution in [0.25, 0.3) is 0 Å².